The molecule has 12 heteroatoms. The van der Waals surface area contributed by atoms with E-state index in [2.05, 4.69) is 66.3 Å². The molecule has 0 radical (unpaired) electrons. The molecule has 1 aromatic heterocycles. The fourth-order valence-electron chi connectivity index (χ4n) is 3.66. The number of carboxylic acid groups (broad SMARTS) is 2. The maximum Gasteiger partial charge on any atom is 0.490 e. The number of halogens is 3. The van der Waals surface area contributed by atoms with Gasteiger partial charge in [-0.05, 0) is 48.3 Å². The summed E-state index contributed by atoms with van der Waals surface area (Å²) in [5, 5.41) is 30.5. The third-order valence-corrected chi connectivity index (χ3v) is 6.43. The fourth-order valence-corrected chi connectivity index (χ4v) is 4.59. The Labute approximate surface area is 218 Å². The molecule has 1 atom stereocenters. The molecule has 1 aromatic carbocycles. The number of aliphatic carboxylic acids is 2. The van der Waals surface area contributed by atoms with Gasteiger partial charge < -0.3 is 20.4 Å². The minimum atomic E-state index is -5.08. The Morgan fingerprint density at radius 2 is 1.65 bits per heavy atom. The summed E-state index contributed by atoms with van der Waals surface area (Å²) in [4.78, 5) is 22.5. The first-order valence-corrected chi connectivity index (χ1v) is 13.0. The lowest BCUT2D eigenvalue weighted by Crippen LogP contribution is -2.31. The number of aromatic nitrogens is 2. The third-order valence-electron chi connectivity index (χ3n) is 5.43. The standard InChI is InChI=1S/C23H34N4O2S.C2HF3O2/c1-14(2)12-27(13-15(3)4)20-9-8-18(16(5)10-21(28)29)11-19(20)24-23-26-25-22(30-23)17-6-7-17;3-2(4,5)1(6)7/h8-9,11,14-17H,6-7,10,12-13H2,1-5H3,(H,24,26)(H,28,29);(H,6,7). The van der Waals surface area contributed by atoms with E-state index in [9.17, 15) is 23.1 Å². The predicted molar refractivity (Wildman–Crippen MR) is 138 cm³/mol. The van der Waals surface area contributed by atoms with Crippen LogP contribution in [0.5, 0.6) is 0 Å². The van der Waals surface area contributed by atoms with Crippen LogP contribution in [0.2, 0.25) is 0 Å². The van der Waals surface area contributed by atoms with Crippen LogP contribution in [0.1, 0.15) is 76.3 Å². The molecule has 1 saturated carbocycles. The summed E-state index contributed by atoms with van der Waals surface area (Å²) in [7, 11) is 0. The van der Waals surface area contributed by atoms with Crippen LogP contribution < -0.4 is 10.2 Å². The maximum atomic E-state index is 11.2. The van der Waals surface area contributed by atoms with E-state index in [0.717, 1.165) is 40.2 Å². The van der Waals surface area contributed by atoms with Crippen LogP contribution in [-0.2, 0) is 9.59 Å². The van der Waals surface area contributed by atoms with Crippen LogP contribution in [0.15, 0.2) is 18.2 Å². The quantitative estimate of drug-likeness (QED) is 0.294. The van der Waals surface area contributed by atoms with Gasteiger partial charge in [0.1, 0.15) is 5.01 Å². The first kappa shape index (κ1) is 30.3. The van der Waals surface area contributed by atoms with Crippen LogP contribution in [0, 0.1) is 11.8 Å². The predicted octanol–water partition coefficient (Wildman–Crippen LogP) is 6.49. The normalized spacial score (nSPS) is 14.2. The second kappa shape index (κ2) is 13.1. The number of carboxylic acids is 2. The minimum absolute atomic E-state index is 0.0582. The van der Waals surface area contributed by atoms with Crippen molar-refractivity contribution in [2.24, 2.45) is 11.8 Å². The monoisotopic (exact) mass is 544 g/mol. The lowest BCUT2D eigenvalue weighted by Gasteiger charge is -2.31. The van der Waals surface area contributed by atoms with E-state index in [1.165, 1.54) is 12.8 Å². The van der Waals surface area contributed by atoms with Crippen molar-refractivity contribution in [1.29, 1.82) is 0 Å². The number of rotatable bonds is 11. The molecule has 0 amide bonds. The number of nitrogens with zero attached hydrogens (tertiary/aromatic N) is 3. The summed E-state index contributed by atoms with van der Waals surface area (Å²) >= 11 is 1.63. The number of carbonyl (C=O) groups is 2. The third kappa shape index (κ3) is 10.2. The summed E-state index contributed by atoms with van der Waals surface area (Å²) in [5.74, 6) is -1.95. The zero-order valence-electron chi connectivity index (χ0n) is 21.7. The van der Waals surface area contributed by atoms with Gasteiger partial charge in [0, 0.05) is 19.0 Å². The zero-order chi connectivity index (χ0) is 27.9. The molecule has 3 rings (SSSR count). The summed E-state index contributed by atoms with van der Waals surface area (Å²) < 4.78 is 31.7. The van der Waals surface area contributed by atoms with Gasteiger partial charge in [0.05, 0.1) is 17.8 Å². The smallest absolute Gasteiger partial charge is 0.481 e. The molecule has 0 saturated heterocycles. The molecule has 1 aliphatic rings. The van der Waals surface area contributed by atoms with Crippen LogP contribution in [0.4, 0.5) is 29.7 Å². The van der Waals surface area contributed by atoms with E-state index in [-0.39, 0.29) is 12.3 Å². The van der Waals surface area contributed by atoms with Crippen molar-refractivity contribution in [3.05, 3.63) is 28.8 Å². The van der Waals surface area contributed by atoms with Crippen molar-refractivity contribution in [3.8, 4) is 0 Å². The highest BCUT2D eigenvalue weighted by Crippen LogP contribution is 2.43. The Hall–Kier alpha value is -2.89. The molecule has 3 N–H and O–H groups in total. The highest BCUT2D eigenvalue weighted by atomic mass is 32.1. The largest absolute Gasteiger partial charge is 0.490 e. The Morgan fingerprint density at radius 1 is 1.08 bits per heavy atom. The summed E-state index contributed by atoms with van der Waals surface area (Å²) in [6.07, 6.45) is -2.55. The minimum Gasteiger partial charge on any atom is -0.481 e. The molecule has 1 aliphatic carbocycles. The van der Waals surface area contributed by atoms with Crippen LogP contribution in [0.25, 0.3) is 0 Å². The topological polar surface area (TPSA) is 116 Å². The summed E-state index contributed by atoms with van der Waals surface area (Å²) in [5.41, 5.74) is 3.13. The van der Waals surface area contributed by atoms with E-state index < -0.39 is 18.1 Å². The number of alkyl halides is 3. The van der Waals surface area contributed by atoms with Crippen LogP contribution in [-0.4, -0.2) is 51.6 Å². The lowest BCUT2D eigenvalue weighted by atomic mass is 9.96. The molecule has 8 nitrogen and oxygen atoms in total. The Morgan fingerprint density at radius 3 is 2.11 bits per heavy atom. The van der Waals surface area contributed by atoms with E-state index in [1.807, 2.05) is 6.92 Å². The maximum absolute atomic E-state index is 11.2. The van der Waals surface area contributed by atoms with Crippen molar-refractivity contribution >= 4 is 39.8 Å². The zero-order valence-corrected chi connectivity index (χ0v) is 22.5. The average molecular weight is 545 g/mol. The molecule has 206 valence electrons. The van der Waals surface area contributed by atoms with Crippen molar-refractivity contribution < 1.29 is 33.0 Å². The molecule has 2 aromatic rings. The summed E-state index contributed by atoms with van der Waals surface area (Å²) in [6.45, 7) is 12.8. The molecule has 1 heterocycles. The van der Waals surface area contributed by atoms with Crippen molar-refractivity contribution in [1.82, 2.24) is 10.2 Å². The van der Waals surface area contributed by atoms with Crippen LogP contribution in [0.3, 0.4) is 0 Å². The van der Waals surface area contributed by atoms with Gasteiger partial charge in [-0.1, -0.05) is 52.0 Å². The van der Waals surface area contributed by atoms with Crippen LogP contribution >= 0.6 is 11.3 Å². The highest BCUT2D eigenvalue weighted by Gasteiger charge is 2.38. The number of nitrogens with one attached hydrogen (secondary N) is 1. The number of benzene rings is 1. The highest BCUT2D eigenvalue weighted by molar-refractivity contribution is 7.15. The number of hydrogen-bond acceptors (Lipinski definition) is 7. The number of hydrogen-bond donors (Lipinski definition) is 3. The van der Waals surface area contributed by atoms with E-state index >= 15 is 0 Å². The van der Waals surface area contributed by atoms with Gasteiger partial charge in [0.25, 0.3) is 0 Å². The summed E-state index contributed by atoms with van der Waals surface area (Å²) in [6, 6.07) is 6.29. The Kier molecular flexibility index (Phi) is 10.7. The fraction of sp³-hybridized carbons (Fsp3) is 0.600. The van der Waals surface area contributed by atoms with Gasteiger partial charge in [-0.15, -0.1) is 10.2 Å². The van der Waals surface area contributed by atoms with Crippen molar-refractivity contribution in [2.45, 2.75) is 71.9 Å². The molecular formula is C25H35F3N4O4S. The van der Waals surface area contributed by atoms with Gasteiger partial charge in [-0.3, -0.25) is 4.79 Å². The molecule has 37 heavy (non-hydrogen) atoms. The van der Waals surface area contributed by atoms with E-state index in [4.69, 9.17) is 9.90 Å². The second-order valence-corrected chi connectivity index (χ2v) is 11.1. The molecule has 0 spiro atoms. The van der Waals surface area contributed by atoms with Crippen molar-refractivity contribution in [2.75, 3.05) is 23.3 Å². The molecule has 0 aliphatic heterocycles. The average Bonchev–Trinajstić information content (AvgIpc) is 3.51. The molecule has 1 fully saturated rings. The first-order valence-electron chi connectivity index (χ1n) is 12.2. The van der Waals surface area contributed by atoms with Gasteiger partial charge >= 0.3 is 18.1 Å². The molecule has 0 bridgehead atoms. The lowest BCUT2D eigenvalue weighted by molar-refractivity contribution is -0.192. The van der Waals surface area contributed by atoms with Gasteiger partial charge in [0.15, 0.2) is 0 Å². The van der Waals surface area contributed by atoms with Gasteiger partial charge in [0.2, 0.25) is 5.13 Å². The van der Waals surface area contributed by atoms with E-state index in [0.29, 0.717) is 17.8 Å². The van der Waals surface area contributed by atoms with E-state index in [1.54, 1.807) is 11.3 Å². The first-order chi connectivity index (χ1) is 17.2. The number of anilines is 3. The molecule has 1 unspecified atom stereocenters. The molecular weight excluding hydrogens is 509 g/mol. The van der Waals surface area contributed by atoms with Gasteiger partial charge in [-0.25, -0.2) is 4.79 Å². The Bertz CT molecular complexity index is 1040. The van der Waals surface area contributed by atoms with Crippen molar-refractivity contribution in [3.63, 3.8) is 0 Å². The Balaban J connectivity index is 0.000000604. The SMILES string of the molecule is CC(C)CN(CC(C)C)c1ccc(C(C)CC(=O)O)cc1Nc1nnc(C2CC2)s1.O=C(O)C(F)(F)F. The van der Waals surface area contributed by atoms with Gasteiger partial charge in [-0.2, -0.15) is 13.2 Å². The second-order valence-electron chi connectivity index (χ2n) is 10.1.